The van der Waals surface area contributed by atoms with E-state index in [4.69, 9.17) is 28.4 Å². The van der Waals surface area contributed by atoms with Crippen LogP contribution in [0.5, 0.6) is 0 Å². The van der Waals surface area contributed by atoms with Gasteiger partial charge in [0.05, 0.1) is 38.6 Å². The molecule has 0 aromatic rings. The highest BCUT2D eigenvalue weighted by Gasteiger charge is 2.54. The van der Waals surface area contributed by atoms with E-state index in [-0.39, 0.29) is 18.9 Å². The van der Waals surface area contributed by atoms with Gasteiger partial charge in [-0.25, -0.2) is 0 Å². The first-order valence-electron chi connectivity index (χ1n) is 40.2. The Morgan fingerprint density at radius 2 is 0.673 bits per heavy atom. The molecule has 12 N–H and O–H groups in total. The second kappa shape index (κ2) is 60.3. The second-order valence-corrected chi connectivity index (χ2v) is 28.9. The lowest BCUT2D eigenvalue weighted by Gasteiger charge is -2.48. The number of nitrogens with one attached hydrogen (secondary N) is 1. The van der Waals surface area contributed by atoms with Crippen molar-refractivity contribution in [2.45, 2.75) is 433 Å². The molecule has 0 aliphatic carbocycles. The summed E-state index contributed by atoms with van der Waals surface area (Å²) in [6, 6.07) is -0.884. The van der Waals surface area contributed by atoms with Crippen molar-refractivity contribution < 1.29 is 89.4 Å². The average molecular weight is 1400 g/mol. The van der Waals surface area contributed by atoms with Crippen LogP contribution >= 0.6 is 0 Å². The zero-order valence-electron chi connectivity index (χ0n) is 61.5. The molecule has 17 unspecified atom stereocenters. The third-order valence-electron chi connectivity index (χ3n) is 20.2. The molecule has 17 atom stereocenters. The third-order valence-corrected chi connectivity index (χ3v) is 20.2. The minimum Gasteiger partial charge on any atom is -0.394 e. The van der Waals surface area contributed by atoms with Crippen molar-refractivity contribution in [1.82, 2.24) is 5.32 Å². The second-order valence-electron chi connectivity index (χ2n) is 28.9. The van der Waals surface area contributed by atoms with E-state index in [0.717, 1.165) is 57.8 Å². The number of amides is 1. The van der Waals surface area contributed by atoms with E-state index in [1.807, 2.05) is 0 Å². The Morgan fingerprint density at radius 3 is 1.05 bits per heavy atom. The SMILES string of the molecule is CCCCCCC/C=C\C/C=C\C/C=C\CCCCCCCCCCCCCCCCCCCCCCCCCCCCC(=O)NC(COC1OC(CO)C(OC2OC(CO)C(OC3OC(CO)C(O)C(O)C3O)C(O)C2O)C(O)C1O)C(O)CCCCCCCCCCCCCC. The third kappa shape index (κ3) is 40.3. The minimum absolute atomic E-state index is 0.238. The van der Waals surface area contributed by atoms with Crippen LogP contribution in [0.25, 0.3) is 0 Å². The van der Waals surface area contributed by atoms with E-state index < -0.39 is 124 Å². The maximum atomic E-state index is 13.4. The van der Waals surface area contributed by atoms with Crippen LogP contribution in [0.3, 0.4) is 0 Å². The van der Waals surface area contributed by atoms with Crippen LogP contribution < -0.4 is 5.32 Å². The van der Waals surface area contributed by atoms with Crippen LogP contribution in [-0.4, -0.2) is 193 Å². The number of aliphatic hydroxyl groups excluding tert-OH is 11. The molecule has 3 aliphatic rings. The molecule has 0 aromatic carbocycles. The van der Waals surface area contributed by atoms with Gasteiger partial charge in [0.25, 0.3) is 0 Å². The molecule has 3 saturated heterocycles. The van der Waals surface area contributed by atoms with Gasteiger partial charge in [-0.15, -0.1) is 0 Å². The molecular weight excluding hydrogens is 1250 g/mol. The van der Waals surface area contributed by atoms with Gasteiger partial charge in [-0.2, -0.15) is 0 Å². The lowest BCUT2D eigenvalue weighted by Crippen LogP contribution is -2.66. The molecule has 0 radical (unpaired) electrons. The van der Waals surface area contributed by atoms with E-state index >= 15 is 0 Å². The average Bonchev–Trinajstić information content (AvgIpc) is 0.785. The molecule has 0 bridgehead atoms. The van der Waals surface area contributed by atoms with Crippen molar-refractivity contribution in [2.75, 3.05) is 26.4 Å². The van der Waals surface area contributed by atoms with Gasteiger partial charge < -0.3 is 89.9 Å². The predicted octanol–water partition coefficient (Wildman–Crippen LogP) is 13.1. The smallest absolute Gasteiger partial charge is 0.220 e. The zero-order chi connectivity index (χ0) is 71.1. The molecule has 3 rings (SSSR count). The minimum atomic E-state index is -1.97. The summed E-state index contributed by atoms with van der Waals surface area (Å²) < 4.78 is 34.4. The molecular formula is C79H147NO18. The zero-order valence-corrected chi connectivity index (χ0v) is 61.5. The predicted molar refractivity (Wildman–Crippen MR) is 388 cm³/mol. The summed E-state index contributed by atoms with van der Waals surface area (Å²) in [5.74, 6) is -0.238. The fraction of sp³-hybridized carbons (Fsp3) is 0.911. The summed E-state index contributed by atoms with van der Waals surface area (Å²) >= 11 is 0. The summed E-state index contributed by atoms with van der Waals surface area (Å²) in [7, 11) is 0. The summed E-state index contributed by atoms with van der Waals surface area (Å²) in [4.78, 5) is 13.4. The Bertz CT molecular complexity index is 1910. The van der Waals surface area contributed by atoms with Crippen LogP contribution in [0.2, 0.25) is 0 Å². The normalized spacial score (nSPS) is 26.9. The fourth-order valence-corrected chi connectivity index (χ4v) is 13.7. The molecule has 19 heteroatoms. The summed E-state index contributed by atoms with van der Waals surface area (Å²) in [5, 5.41) is 121. The van der Waals surface area contributed by atoms with Gasteiger partial charge in [0, 0.05) is 6.42 Å². The quantitative estimate of drug-likeness (QED) is 0.0199. The Hall–Kier alpha value is -1.99. The number of aliphatic hydroxyl groups is 11. The fourth-order valence-electron chi connectivity index (χ4n) is 13.7. The molecule has 0 aromatic heterocycles. The van der Waals surface area contributed by atoms with Crippen molar-refractivity contribution in [1.29, 1.82) is 0 Å². The van der Waals surface area contributed by atoms with Gasteiger partial charge >= 0.3 is 0 Å². The van der Waals surface area contributed by atoms with Gasteiger partial charge in [-0.05, 0) is 51.4 Å². The van der Waals surface area contributed by atoms with Crippen molar-refractivity contribution in [3.63, 3.8) is 0 Å². The van der Waals surface area contributed by atoms with Crippen LogP contribution in [0.1, 0.15) is 328 Å². The highest BCUT2D eigenvalue weighted by molar-refractivity contribution is 5.76. The Balaban J connectivity index is 1.25. The molecule has 3 heterocycles. The number of ether oxygens (including phenoxy) is 6. The highest BCUT2D eigenvalue weighted by Crippen LogP contribution is 2.33. The standard InChI is InChI=1S/C79H147NO18/c1-3-5-7-9-11-13-15-17-18-19-20-21-22-23-24-25-26-27-28-29-30-31-32-33-34-35-36-37-38-39-40-41-42-43-44-45-47-49-51-53-55-57-67(85)80-62(63(84)56-54-52-50-48-46-16-14-12-10-8-6-4-2)61-93-77-73(91)70(88)75(65(59-82)95-77)98-79-74(92)71(89)76(66(60-83)96-79)97-78-72(90)69(87)68(86)64(58-81)94-78/h15,17,19-20,22-23,62-66,68-79,81-84,86-92H,3-14,16,18,21,24-61H2,1-2H3,(H,80,85)/b17-15-,20-19-,23-22-. The molecule has 0 spiro atoms. The van der Waals surface area contributed by atoms with Gasteiger partial charge in [0.1, 0.15) is 73.2 Å². The molecule has 3 fully saturated rings. The number of unbranched alkanes of at least 4 members (excludes halogenated alkanes) is 42. The monoisotopic (exact) mass is 1400 g/mol. The number of carbonyl (C=O) groups excluding carboxylic acids is 1. The first kappa shape index (κ1) is 90.2. The lowest BCUT2D eigenvalue weighted by molar-refractivity contribution is -0.379. The van der Waals surface area contributed by atoms with Gasteiger partial charge in [-0.1, -0.05) is 307 Å². The van der Waals surface area contributed by atoms with Gasteiger partial charge in [0.2, 0.25) is 5.91 Å². The molecule has 3 aliphatic heterocycles. The van der Waals surface area contributed by atoms with E-state index in [0.29, 0.717) is 12.8 Å². The highest BCUT2D eigenvalue weighted by atomic mass is 16.8. The Kier molecular flexibility index (Phi) is 55.5. The topological polar surface area (TPSA) is 307 Å². The van der Waals surface area contributed by atoms with Crippen LogP contribution in [0, 0.1) is 0 Å². The Morgan fingerprint density at radius 1 is 0.367 bits per heavy atom. The molecule has 0 saturated carbocycles. The number of carbonyl (C=O) groups is 1. The molecule has 98 heavy (non-hydrogen) atoms. The summed E-state index contributed by atoms with van der Waals surface area (Å²) in [6.07, 6.45) is 47.1. The van der Waals surface area contributed by atoms with E-state index in [2.05, 4.69) is 55.6 Å². The maximum Gasteiger partial charge on any atom is 0.220 e. The number of hydrogen-bond donors (Lipinski definition) is 12. The number of allylic oxidation sites excluding steroid dienone is 6. The van der Waals surface area contributed by atoms with Crippen molar-refractivity contribution in [2.24, 2.45) is 0 Å². The van der Waals surface area contributed by atoms with E-state index in [9.17, 15) is 61.0 Å². The van der Waals surface area contributed by atoms with Gasteiger partial charge in [-0.3, -0.25) is 4.79 Å². The summed E-state index contributed by atoms with van der Waals surface area (Å²) in [5.41, 5.74) is 0. The van der Waals surface area contributed by atoms with Crippen molar-refractivity contribution >= 4 is 5.91 Å². The molecule has 576 valence electrons. The lowest BCUT2D eigenvalue weighted by atomic mass is 9.96. The molecule has 19 nitrogen and oxygen atoms in total. The van der Waals surface area contributed by atoms with Crippen molar-refractivity contribution in [3.8, 4) is 0 Å². The maximum absolute atomic E-state index is 13.4. The first-order chi connectivity index (χ1) is 47.8. The van der Waals surface area contributed by atoms with Crippen LogP contribution in [-0.2, 0) is 33.2 Å². The van der Waals surface area contributed by atoms with Crippen molar-refractivity contribution in [3.05, 3.63) is 36.5 Å². The number of hydrogen-bond acceptors (Lipinski definition) is 18. The largest absolute Gasteiger partial charge is 0.394 e. The van der Waals surface area contributed by atoms with E-state index in [1.54, 1.807) is 0 Å². The van der Waals surface area contributed by atoms with Gasteiger partial charge in [0.15, 0.2) is 18.9 Å². The first-order valence-corrected chi connectivity index (χ1v) is 40.2. The van der Waals surface area contributed by atoms with Crippen LogP contribution in [0.4, 0.5) is 0 Å². The van der Waals surface area contributed by atoms with Crippen LogP contribution in [0.15, 0.2) is 36.5 Å². The Labute approximate surface area is 593 Å². The summed E-state index contributed by atoms with van der Waals surface area (Å²) in [6.45, 7) is 1.80. The van der Waals surface area contributed by atoms with E-state index in [1.165, 1.54) is 238 Å². The molecule has 1 amide bonds. The number of rotatable bonds is 64.